The van der Waals surface area contributed by atoms with Crippen LogP contribution in [-0.4, -0.2) is 90.9 Å². The first-order valence-corrected chi connectivity index (χ1v) is 42.4. The molecule has 0 spiro atoms. The van der Waals surface area contributed by atoms with Crippen LogP contribution in [0, 0.1) is 83.3 Å². The van der Waals surface area contributed by atoms with Crippen molar-refractivity contribution in [2.24, 2.45) is 0 Å². The molecule has 0 N–H and O–H groups in total. The molecule has 15 heterocycles. The number of aromatic nitrogens is 14. The average molecular weight is 2860 g/mol. The molecule has 0 fully saturated rings. The van der Waals surface area contributed by atoms with Gasteiger partial charge in [0.15, 0.2) is 11.6 Å². The van der Waals surface area contributed by atoms with E-state index in [1.165, 1.54) is 22.3 Å². The quantitative estimate of drug-likeness (QED) is 0.0980. The van der Waals surface area contributed by atoms with Gasteiger partial charge >= 0.3 is 0 Å². The molecule has 6 aliphatic heterocycles. The number of pyridine rings is 2. The molecule has 33 heteroatoms. The third-order valence-corrected chi connectivity index (χ3v) is 22.2. The molecule has 0 unspecified atom stereocenters. The van der Waals surface area contributed by atoms with Crippen LogP contribution >= 0.6 is 11.3 Å². The molecule has 6 aliphatic rings. The summed E-state index contributed by atoms with van der Waals surface area (Å²) in [4.78, 5) is 85.7. The molecule has 0 amide bonds. The zero-order valence-electron chi connectivity index (χ0n) is 73.7. The van der Waals surface area contributed by atoms with Gasteiger partial charge in [0, 0.05) is 168 Å². The largest absolute Gasteiger partial charge is 0.501 e. The molecule has 0 bridgehead atoms. The number of para-hydroxylation sites is 6. The topological polar surface area (TPSA) is 219 Å². The summed E-state index contributed by atoms with van der Waals surface area (Å²) >= 11 is 1.68. The number of anilines is 21. The van der Waals surface area contributed by atoms with Crippen molar-refractivity contribution in [3.63, 3.8) is 0 Å². The minimum absolute atomic E-state index is 0. The summed E-state index contributed by atoms with van der Waals surface area (Å²) in [5.41, 5.74) is 19.5. The van der Waals surface area contributed by atoms with Gasteiger partial charge < -0.3 is 58.8 Å². The van der Waals surface area contributed by atoms with Gasteiger partial charge in [-0.3, -0.25) is 9.97 Å². The second-order valence-electron chi connectivity index (χ2n) is 30.4. The van der Waals surface area contributed by atoms with Crippen molar-refractivity contribution in [2.45, 2.75) is 46.5 Å². The Morgan fingerprint density at radius 2 is 0.674 bits per heavy atom. The van der Waals surface area contributed by atoms with Crippen LogP contribution in [0.5, 0.6) is 0 Å². The summed E-state index contributed by atoms with van der Waals surface area (Å²) in [5.74, 6) is 7.57. The fraction of sp³-hybridized carbons (Fsp3) is 0.0980. The first-order chi connectivity index (χ1) is 63.4. The third-order valence-electron chi connectivity index (χ3n) is 21.3. The van der Waals surface area contributed by atoms with Gasteiger partial charge in [0.05, 0.1) is 76.3 Å². The Balaban J connectivity index is 0.000000145. The summed E-state index contributed by atoms with van der Waals surface area (Å²) in [7, 11) is 5.99. The van der Waals surface area contributed by atoms with Crippen LogP contribution in [0.1, 0.15) is 56.2 Å². The molecular formula is C102H84Ir6N26S-12. The molecule has 6 radical (unpaired) electrons. The Kier molecular flexibility index (Phi) is 36.0. The summed E-state index contributed by atoms with van der Waals surface area (Å²) in [6.07, 6.45) is 24.4. The van der Waals surface area contributed by atoms with Gasteiger partial charge in [0.2, 0.25) is 0 Å². The fourth-order valence-corrected chi connectivity index (χ4v) is 15.8. The molecule has 17 aromatic rings. The van der Waals surface area contributed by atoms with E-state index in [1.54, 1.807) is 73.8 Å². The number of benzene rings is 8. The standard InChI is InChI=1S/C24H26N4.C19H16N4.2C16H11N5.C15H10N4S.C12H10N4.6Ir/c1-16(2)19-12-9-13-20(17(3)4)22(19)23-25-14-21-24(26-23)28(15-27(21)5)18-10-7-6-8-11-18;1-14-8-6-7-11-16(14)18-20-12-17-19(21-18)23(13-22(17)2)15-9-4-3-5-10-15;1-2-5-13(6-3-1)20-12-21(14-7-4-8-17-9-14)16-15(20)10-18-11-19-16;1-2-4-13(5-3-1)20-12-21(14-6-8-17-9-7-14)16-15(20)10-18-11-19-16;1-2-5-12(6-3-1)18-11-19(14-7-4-8-20-14)15-13(18)9-16-10-17-15;1-15-9-16(10-5-3-2-4-6-10)11-7-13-8-14-12(11)15;;;;;;/h6-10,12-17H,1-5H3;3-9,11-13H,1-2H3;1-5,7-12H;1-4,6-12H;1-5,7-11H;2-5,7-9H,1H3;;;;;;/q6*-2;;;;;;. The fourth-order valence-electron chi connectivity index (χ4n) is 15.1. The van der Waals surface area contributed by atoms with E-state index in [0.29, 0.717) is 11.8 Å². The van der Waals surface area contributed by atoms with Gasteiger partial charge in [-0.2, -0.15) is 202 Å². The number of fused-ring (bicyclic) bond motifs is 6. The zero-order chi connectivity index (χ0) is 88.1. The maximum Gasteiger partial charge on any atom is 0.162 e. The van der Waals surface area contributed by atoms with E-state index in [1.807, 2.05) is 313 Å². The minimum Gasteiger partial charge on any atom is -0.501 e. The van der Waals surface area contributed by atoms with Crippen molar-refractivity contribution >= 4 is 131 Å². The maximum atomic E-state index is 5.04. The van der Waals surface area contributed by atoms with E-state index in [0.717, 1.165) is 137 Å². The molecule has 8 aromatic carbocycles. The van der Waals surface area contributed by atoms with Gasteiger partial charge in [-0.1, -0.05) is 70.2 Å². The Labute approximate surface area is 872 Å². The van der Waals surface area contributed by atoms with Gasteiger partial charge in [-0.15, -0.1) is 65.5 Å². The molecular weight excluding hydrogens is 2770 g/mol. The van der Waals surface area contributed by atoms with Crippen molar-refractivity contribution < 1.29 is 121 Å². The molecule has 694 valence electrons. The van der Waals surface area contributed by atoms with E-state index in [9.17, 15) is 0 Å². The van der Waals surface area contributed by atoms with Crippen LogP contribution < -0.4 is 58.8 Å². The van der Waals surface area contributed by atoms with E-state index in [4.69, 9.17) is 15.0 Å². The van der Waals surface area contributed by atoms with Gasteiger partial charge in [0.25, 0.3) is 0 Å². The summed E-state index contributed by atoms with van der Waals surface area (Å²) in [6, 6.07) is 93.2. The van der Waals surface area contributed by atoms with E-state index in [-0.39, 0.29) is 121 Å². The Hall–Kier alpha value is -12.3. The molecule has 0 saturated heterocycles. The molecule has 23 rings (SSSR count). The van der Waals surface area contributed by atoms with Crippen LogP contribution in [-0.2, 0) is 121 Å². The van der Waals surface area contributed by atoms with Crippen molar-refractivity contribution in [2.75, 3.05) is 79.9 Å². The van der Waals surface area contributed by atoms with E-state index in [2.05, 4.69) is 187 Å². The Bertz CT molecular complexity index is 6310. The van der Waals surface area contributed by atoms with Crippen molar-refractivity contribution in [1.82, 2.24) is 69.8 Å². The summed E-state index contributed by atoms with van der Waals surface area (Å²) in [6.45, 7) is 23.0. The number of thiophene rings is 1. The van der Waals surface area contributed by atoms with Crippen molar-refractivity contribution in [1.29, 1.82) is 0 Å². The minimum atomic E-state index is 0. The molecule has 0 saturated carbocycles. The first-order valence-electron chi connectivity index (χ1n) is 41.6. The monoisotopic (exact) mass is 2860 g/mol. The second-order valence-corrected chi connectivity index (χ2v) is 31.3. The average Bonchev–Trinajstić information content (AvgIpc) is 1.68. The molecule has 0 aliphatic carbocycles. The normalized spacial score (nSPS) is 12.9. The number of rotatable bonds is 13. The second kappa shape index (κ2) is 47.8. The predicted octanol–water partition coefficient (Wildman–Crippen LogP) is 21.7. The van der Waals surface area contributed by atoms with E-state index >= 15 is 0 Å². The Morgan fingerprint density at radius 1 is 0.289 bits per heavy atom. The summed E-state index contributed by atoms with van der Waals surface area (Å²) < 4.78 is 0. The molecule has 0 atom stereocenters. The maximum absolute atomic E-state index is 5.04. The summed E-state index contributed by atoms with van der Waals surface area (Å²) in [5, 5.41) is 3.19. The van der Waals surface area contributed by atoms with Crippen LogP contribution in [0.2, 0.25) is 0 Å². The third kappa shape index (κ3) is 22.6. The van der Waals surface area contributed by atoms with Crippen molar-refractivity contribution in [3.05, 3.63) is 410 Å². The van der Waals surface area contributed by atoms with Crippen LogP contribution in [0.25, 0.3) is 22.8 Å². The van der Waals surface area contributed by atoms with Gasteiger partial charge in [-0.05, 0) is 98.4 Å². The number of nitrogens with zero attached hydrogens (tertiary/aromatic N) is 26. The first kappa shape index (κ1) is 102. The number of hydrogen-bond donors (Lipinski definition) is 0. The molecule has 26 nitrogen and oxygen atoms in total. The van der Waals surface area contributed by atoms with Crippen LogP contribution in [0.4, 0.5) is 120 Å². The number of hydrogen-bond acceptors (Lipinski definition) is 27. The van der Waals surface area contributed by atoms with Gasteiger partial charge in [0.1, 0.15) is 60.2 Å². The van der Waals surface area contributed by atoms with E-state index < -0.39 is 0 Å². The van der Waals surface area contributed by atoms with Crippen molar-refractivity contribution in [3.8, 4) is 22.8 Å². The smallest absolute Gasteiger partial charge is 0.162 e. The predicted molar refractivity (Wildman–Crippen MR) is 511 cm³/mol. The van der Waals surface area contributed by atoms with Crippen LogP contribution in [0.15, 0.2) is 317 Å². The number of aryl methyl sites for hydroxylation is 1. The molecule has 135 heavy (non-hydrogen) atoms. The SMILES string of the molecule is CC(C)c1cccc(C(C)C)c1-c1ncc2c(n1)N(c1[c-]cccc1)[CH-]N2C.CN1[CH-]N(c2[c-]cccc2)c2cncnc21.Cc1ccccc1-c1ncc2c(n1)N(c1[c-]cccc1)[CH-]N2C.[Ir].[Ir].[Ir].[Ir].[Ir].[Ir].[c-]1ccccc1N1[CH-]N(c2cccnc2)c2ncncc21.[c-]1ccccc1N1[CH-]N(c2cccs2)c2ncncc21.[c-]1ccccc1N1[CH-]N(c2ccncc2)c2ncncc21. The van der Waals surface area contributed by atoms with Gasteiger partial charge in [-0.25, -0.2) is 59.8 Å². The van der Waals surface area contributed by atoms with Crippen LogP contribution in [0.3, 0.4) is 0 Å². The zero-order valence-corrected chi connectivity index (χ0v) is 88.9. The Morgan fingerprint density at radius 3 is 1.09 bits per heavy atom. The molecule has 9 aromatic heterocycles.